The van der Waals surface area contributed by atoms with Crippen LogP contribution >= 0.6 is 0 Å². The van der Waals surface area contributed by atoms with Crippen molar-refractivity contribution in [3.63, 3.8) is 0 Å². The maximum absolute atomic E-state index is 13.1. The summed E-state index contributed by atoms with van der Waals surface area (Å²) in [5.74, 6) is -0.0463. The molecule has 1 aliphatic heterocycles. The van der Waals surface area contributed by atoms with E-state index in [4.69, 9.17) is 0 Å². The third-order valence-corrected chi connectivity index (χ3v) is 6.81. The Hall–Kier alpha value is -3.23. The van der Waals surface area contributed by atoms with Gasteiger partial charge in [0.15, 0.2) is 0 Å². The second-order valence-corrected chi connectivity index (χ2v) is 10.0. The van der Waals surface area contributed by atoms with Crippen molar-refractivity contribution in [1.29, 1.82) is 0 Å². The molecule has 0 saturated heterocycles. The van der Waals surface area contributed by atoms with Gasteiger partial charge in [-0.3, -0.25) is 14.7 Å². The minimum Gasteiger partial charge on any atom is -0.396 e. The maximum atomic E-state index is 13.1. The summed E-state index contributed by atoms with van der Waals surface area (Å²) >= 11 is 0. The van der Waals surface area contributed by atoms with Crippen molar-refractivity contribution >= 4 is 5.91 Å². The molecule has 2 aromatic carbocycles. The van der Waals surface area contributed by atoms with E-state index in [0.29, 0.717) is 25.1 Å². The van der Waals surface area contributed by atoms with Crippen LogP contribution in [0.2, 0.25) is 0 Å². The fourth-order valence-corrected chi connectivity index (χ4v) is 4.95. The van der Waals surface area contributed by atoms with Crippen LogP contribution in [0.4, 0.5) is 13.2 Å². The Morgan fingerprint density at radius 1 is 1.14 bits per heavy atom. The Morgan fingerprint density at radius 3 is 2.41 bits per heavy atom. The normalized spacial score (nSPS) is 16.6. The molecule has 0 fully saturated rings. The molecule has 5 nitrogen and oxygen atoms in total. The first-order valence-electron chi connectivity index (χ1n) is 12.4. The Morgan fingerprint density at radius 2 is 1.81 bits per heavy atom. The summed E-state index contributed by atoms with van der Waals surface area (Å²) in [4.78, 5) is 20.0. The Bertz CT molecular complexity index is 1220. The molecule has 37 heavy (non-hydrogen) atoms. The van der Waals surface area contributed by atoms with E-state index in [9.17, 15) is 23.1 Å². The van der Waals surface area contributed by atoms with Gasteiger partial charge in [-0.25, -0.2) is 0 Å². The number of aliphatic hydroxyl groups is 1. The third-order valence-electron chi connectivity index (χ3n) is 6.81. The van der Waals surface area contributed by atoms with Gasteiger partial charge in [0.05, 0.1) is 28.9 Å². The zero-order valence-electron chi connectivity index (χ0n) is 21.2. The van der Waals surface area contributed by atoms with Gasteiger partial charge in [0.25, 0.3) is 5.91 Å². The first-order valence-corrected chi connectivity index (χ1v) is 12.4. The van der Waals surface area contributed by atoms with Gasteiger partial charge in [-0.05, 0) is 54.2 Å². The summed E-state index contributed by atoms with van der Waals surface area (Å²) in [6.07, 6.45) is -2.39. The van der Waals surface area contributed by atoms with Crippen LogP contribution in [0.25, 0.3) is 0 Å². The summed E-state index contributed by atoms with van der Waals surface area (Å²) in [5, 5.41) is 12.5. The molecular weight excluding hydrogens is 479 g/mol. The van der Waals surface area contributed by atoms with Crippen molar-refractivity contribution in [1.82, 2.24) is 15.2 Å². The number of alkyl halides is 3. The van der Waals surface area contributed by atoms with Crippen molar-refractivity contribution in [2.45, 2.75) is 58.5 Å². The molecular formula is C29H32F3N3O2. The molecule has 0 saturated carbocycles. The first-order chi connectivity index (χ1) is 17.6. The first kappa shape index (κ1) is 26.8. The number of aryl methyl sites for hydroxylation is 1. The van der Waals surface area contributed by atoms with Gasteiger partial charge < -0.3 is 10.4 Å². The van der Waals surface area contributed by atoms with Gasteiger partial charge in [-0.1, -0.05) is 55.8 Å². The van der Waals surface area contributed by atoms with E-state index in [1.165, 1.54) is 12.1 Å². The van der Waals surface area contributed by atoms with Crippen LogP contribution in [-0.2, 0) is 19.3 Å². The molecule has 0 unspecified atom stereocenters. The number of hydrogen-bond acceptors (Lipinski definition) is 4. The second kappa shape index (κ2) is 11.0. The lowest BCUT2D eigenvalue weighted by atomic mass is 9.98. The fourth-order valence-electron chi connectivity index (χ4n) is 4.95. The maximum Gasteiger partial charge on any atom is 0.416 e. The van der Waals surface area contributed by atoms with Crippen LogP contribution in [-0.4, -0.2) is 27.5 Å². The Kier molecular flexibility index (Phi) is 7.99. The SMILES string of the molecule is Cc1ccc([C@H](CCO)NC(=O)c2cnc3c(c2)CN(Cc2ccc(C(F)(F)F)cc2)[C@H]3C(C)C)cc1. The highest BCUT2D eigenvalue weighted by atomic mass is 19.4. The van der Waals surface area contributed by atoms with E-state index >= 15 is 0 Å². The highest BCUT2D eigenvalue weighted by molar-refractivity contribution is 5.94. The number of amides is 1. The lowest BCUT2D eigenvalue weighted by Crippen LogP contribution is -2.29. The molecule has 0 radical (unpaired) electrons. The van der Waals surface area contributed by atoms with Crippen molar-refractivity contribution in [3.05, 3.63) is 99.9 Å². The van der Waals surface area contributed by atoms with Crippen LogP contribution in [0.1, 0.15) is 76.2 Å². The highest BCUT2D eigenvalue weighted by Crippen LogP contribution is 2.39. The van der Waals surface area contributed by atoms with Gasteiger partial charge in [-0.15, -0.1) is 0 Å². The summed E-state index contributed by atoms with van der Waals surface area (Å²) < 4.78 is 38.8. The molecule has 0 bridgehead atoms. The van der Waals surface area contributed by atoms with Gasteiger partial charge in [0.1, 0.15) is 0 Å². The molecule has 2 N–H and O–H groups in total. The number of rotatable bonds is 8. The molecule has 8 heteroatoms. The topological polar surface area (TPSA) is 65.5 Å². The summed E-state index contributed by atoms with van der Waals surface area (Å²) in [6, 6.07) is 14.6. The predicted octanol–water partition coefficient (Wildman–Crippen LogP) is 5.98. The van der Waals surface area contributed by atoms with Crippen molar-refractivity contribution in [3.8, 4) is 0 Å². The zero-order valence-corrected chi connectivity index (χ0v) is 21.2. The van der Waals surface area contributed by atoms with Gasteiger partial charge in [0.2, 0.25) is 0 Å². The Labute approximate surface area is 215 Å². The number of fused-ring (bicyclic) bond motifs is 1. The third kappa shape index (κ3) is 6.19. The number of aromatic nitrogens is 1. The fraction of sp³-hybridized carbons (Fsp3) is 0.379. The summed E-state index contributed by atoms with van der Waals surface area (Å²) in [6.45, 7) is 7.13. The Balaban J connectivity index is 1.51. The van der Waals surface area contributed by atoms with Crippen molar-refractivity contribution < 1.29 is 23.1 Å². The number of carbonyl (C=O) groups is 1. The van der Waals surface area contributed by atoms with Crippen molar-refractivity contribution in [2.24, 2.45) is 5.92 Å². The monoisotopic (exact) mass is 511 g/mol. The molecule has 2 atom stereocenters. The average molecular weight is 512 g/mol. The smallest absolute Gasteiger partial charge is 0.396 e. The number of aliphatic hydroxyl groups excluding tert-OH is 1. The molecule has 1 aromatic heterocycles. The number of benzene rings is 2. The predicted molar refractivity (Wildman–Crippen MR) is 136 cm³/mol. The minimum absolute atomic E-state index is 0.0101. The summed E-state index contributed by atoms with van der Waals surface area (Å²) in [7, 11) is 0. The van der Waals surface area contributed by atoms with Crippen LogP contribution < -0.4 is 5.32 Å². The second-order valence-electron chi connectivity index (χ2n) is 10.0. The number of hydrogen-bond donors (Lipinski definition) is 2. The number of nitrogens with one attached hydrogen (secondary N) is 1. The van der Waals surface area contributed by atoms with Crippen molar-refractivity contribution in [2.75, 3.05) is 6.61 Å². The largest absolute Gasteiger partial charge is 0.416 e. The molecule has 3 aromatic rings. The van der Waals surface area contributed by atoms with Crippen LogP contribution in [0.15, 0.2) is 60.8 Å². The number of pyridine rings is 1. The van der Waals surface area contributed by atoms with E-state index < -0.39 is 11.7 Å². The molecule has 1 amide bonds. The minimum atomic E-state index is -4.36. The van der Waals surface area contributed by atoms with E-state index in [1.54, 1.807) is 6.20 Å². The molecule has 1 aliphatic rings. The quantitative estimate of drug-likeness (QED) is 0.391. The standard InChI is InChI=1S/C29H32F3N3O2/c1-18(2)27-26-23(17-35(27)16-20-6-10-24(11-7-20)29(30,31)32)14-22(15-33-26)28(37)34-25(12-13-36)21-8-4-19(3)5-9-21/h4-11,14-15,18,25,27,36H,12-13,16-17H2,1-3H3,(H,34,37)/t25-,27-/m0/s1. The number of nitrogens with zero attached hydrogens (tertiary/aromatic N) is 2. The number of halogens is 3. The van der Waals surface area contributed by atoms with Crippen LogP contribution in [0, 0.1) is 12.8 Å². The van der Waals surface area contributed by atoms with Crippen LogP contribution in [0.3, 0.4) is 0 Å². The lowest BCUT2D eigenvalue weighted by Gasteiger charge is -2.27. The highest BCUT2D eigenvalue weighted by Gasteiger charge is 2.35. The molecule has 196 valence electrons. The van der Waals surface area contributed by atoms with E-state index in [2.05, 4.69) is 29.0 Å². The van der Waals surface area contributed by atoms with E-state index in [0.717, 1.165) is 40.1 Å². The lowest BCUT2D eigenvalue weighted by molar-refractivity contribution is -0.137. The average Bonchev–Trinajstić information content (AvgIpc) is 3.21. The van der Waals surface area contributed by atoms with Gasteiger partial charge in [-0.2, -0.15) is 13.2 Å². The van der Waals surface area contributed by atoms with E-state index in [1.807, 2.05) is 37.3 Å². The van der Waals surface area contributed by atoms with Gasteiger partial charge >= 0.3 is 6.18 Å². The molecule has 4 rings (SSSR count). The van der Waals surface area contributed by atoms with E-state index in [-0.39, 0.29) is 30.5 Å². The van der Waals surface area contributed by atoms with Gasteiger partial charge in [0, 0.05) is 25.9 Å². The molecule has 0 aliphatic carbocycles. The molecule has 0 spiro atoms. The zero-order chi connectivity index (χ0) is 26.7. The van der Waals surface area contributed by atoms with Crippen LogP contribution in [0.5, 0.6) is 0 Å². The summed E-state index contributed by atoms with van der Waals surface area (Å²) in [5.41, 5.74) is 4.42. The molecule has 2 heterocycles. The number of carbonyl (C=O) groups excluding carboxylic acids is 1.